The molecule has 0 bridgehead atoms. The molecule has 2 rings (SSSR count). The van der Waals surface area contributed by atoms with Gasteiger partial charge in [-0.1, -0.05) is 67.2 Å². The van der Waals surface area contributed by atoms with Crippen LogP contribution >= 0.6 is 0 Å². The Morgan fingerprint density at radius 1 is 0.812 bits per heavy atom. The topological polar surface area (TPSA) is 12.4 Å². The van der Waals surface area contributed by atoms with Crippen molar-refractivity contribution in [2.75, 3.05) is 0 Å². The normalized spacial score (nSPS) is 9.50. The van der Waals surface area contributed by atoms with E-state index in [4.69, 9.17) is 0 Å². The highest BCUT2D eigenvalue weighted by molar-refractivity contribution is 6.13. The highest BCUT2D eigenvalue weighted by Gasteiger charge is 2.04. The quantitative estimate of drug-likeness (QED) is 0.681. The third kappa shape index (κ3) is 2.26. The van der Waals surface area contributed by atoms with Crippen molar-refractivity contribution in [1.82, 2.24) is 0 Å². The highest BCUT2D eigenvalue weighted by atomic mass is 14.7. The minimum atomic E-state index is 0.955. The largest absolute Gasteiger partial charge is 0.256 e. The SMILES string of the molecule is C=CN=C(c1ccccc1)c1ccccc1. The van der Waals surface area contributed by atoms with Crippen LogP contribution < -0.4 is 0 Å². The van der Waals surface area contributed by atoms with E-state index in [0.717, 1.165) is 16.8 Å². The van der Waals surface area contributed by atoms with Crippen LogP contribution in [0.15, 0.2) is 78.4 Å². The Kier molecular flexibility index (Phi) is 3.29. The van der Waals surface area contributed by atoms with Gasteiger partial charge in [0.25, 0.3) is 0 Å². The maximum absolute atomic E-state index is 4.35. The van der Waals surface area contributed by atoms with Gasteiger partial charge in [-0.15, -0.1) is 0 Å². The molecule has 0 aliphatic rings. The number of aliphatic imine (C=N–C) groups is 1. The van der Waals surface area contributed by atoms with Crippen LogP contribution in [0.5, 0.6) is 0 Å². The molecule has 0 amide bonds. The summed E-state index contributed by atoms with van der Waals surface area (Å²) >= 11 is 0. The summed E-state index contributed by atoms with van der Waals surface area (Å²) in [5, 5.41) is 0. The van der Waals surface area contributed by atoms with Gasteiger partial charge in [0.2, 0.25) is 0 Å². The van der Waals surface area contributed by atoms with Crippen molar-refractivity contribution in [3.05, 3.63) is 84.6 Å². The monoisotopic (exact) mass is 207 g/mol. The molecule has 2 aromatic carbocycles. The fraction of sp³-hybridized carbons (Fsp3) is 0. The van der Waals surface area contributed by atoms with Gasteiger partial charge in [0.05, 0.1) is 5.71 Å². The molecular formula is C15H13N. The molecule has 0 unspecified atom stereocenters. The standard InChI is InChI=1S/C15H13N/c1-2-16-15(13-9-5-3-6-10-13)14-11-7-4-8-12-14/h2-12H,1H2. The molecule has 0 aliphatic carbocycles. The Hall–Kier alpha value is -2.15. The first-order chi connectivity index (χ1) is 7.92. The second-order valence-electron chi connectivity index (χ2n) is 3.39. The van der Waals surface area contributed by atoms with E-state index in [2.05, 4.69) is 35.8 Å². The van der Waals surface area contributed by atoms with E-state index < -0.39 is 0 Å². The van der Waals surface area contributed by atoms with Crippen molar-refractivity contribution in [3.63, 3.8) is 0 Å². The van der Waals surface area contributed by atoms with Gasteiger partial charge < -0.3 is 0 Å². The van der Waals surface area contributed by atoms with Gasteiger partial charge in [-0.05, 0) is 0 Å². The number of hydrogen-bond acceptors (Lipinski definition) is 1. The lowest BCUT2D eigenvalue weighted by Gasteiger charge is -2.05. The zero-order valence-corrected chi connectivity index (χ0v) is 9.01. The molecule has 0 N–H and O–H groups in total. The molecule has 1 nitrogen and oxygen atoms in total. The summed E-state index contributed by atoms with van der Waals surface area (Å²) in [5.74, 6) is 0. The summed E-state index contributed by atoms with van der Waals surface area (Å²) in [5.41, 5.74) is 3.17. The molecule has 0 saturated heterocycles. The van der Waals surface area contributed by atoms with Crippen molar-refractivity contribution >= 4 is 5.71 Å². The van der Waals surface area contributed by atoms with Crippen molar-refractivity contribution in [2.24, 2.45) is 4.99 Å². The molecule has 1 heteroatoms. The van der Waals surface area contributed by atoms with Crippen LogP contribution in [0.3, 0.4) is 0 Å². The van der Waals surface area contributed by atoms with E-state index in [1.54, 1.807) is 6.20 Å². The molecule has 2 aromatic rings. The minimum Gasteiger partial charge on any atom is -0.256 e. The Morgan fingerprint density at radius 2 is 1.25 bits per heavy atom. The van der Waals surface area contributed by atoms with Crippen LogP contribution in [-0.4, -0.2) is 5.71 Å². The Bertz CT molecular complexity index is 442. The maximum atomic E-state index is 4.35. The molecule has 0 fully saturated rings. The summed E-state index contributed by atoms with van der Waals surface area (Å²) in [4.78, 5) is 4.35. The van der Waals surface area contributed by atoms with Crippen LogP contribution in [-0.2, 0) is 0 Å². The molecule has 16 heavy (non-hydrogen) atoms. The fourth-order valence-corrected chi connectivity index (χ4v) is 1.60. The summed E-state index contributed by atoms with van der Waals surface area (Å²) in [6, 6.07) is 20.2. The van der Waals surface area contributed by atoms with Crippen molar-refractivity contribution in [3.8, 4) is 0 Å². The van der Waals surface area contributed by atoms with Crippen LogP contribution in [0, 0.1) is 0 Å². The van der Waals surface area contributed by atoms with Gasteiger partial charge in [0.1, 0.15) is 0 Å². The van der Waals surface area contributed by atoms with E-state index in [9.17, 15) is 0 Å². The van der Waals surface area contributed by atoms with Gasteiger partial charge in [-0.25, -0.2) is 0 Å². The van der Waals surface area contributed by atoms with E-state index >= 15 is 0 Å². The number of benzene rings is 2. The van der Waals surface area contributed by atoms with Gasteiger partial charge in [0.15, 0.2) is 0 Å². The average molecular weight is 207 g/mol. The van der Waals surface area contributed by atoms with Crippen molar-refractivity contribution < 1.29 is 0 Å². The molecule has 0 aromatic heterocycles. The zero-order valence-electron chi connectivity index (χ0n) is 9.01. The lowest BCUT2D eigenvalue weighted by molar-refractivity contribution is 1.50. The molecule has 0 atom stereocenters. The van der Waals surface area contributed by atoms with E-state index in [0.29, 0.717) is 0 Å². The lowest BCUT2D eigenvalue weighted by Crippen LogP contribution is -2.01. The van der Waals surface area contributed by atoms with Crippen LogP contribution in [0.2, 0.25) is 0 Å². The molecule has 0 aliphatic heterocycles. The number of hydrogen-bond donors (Lipinski definition) is 0. The fourth-order valence-electron chi connectivity index (χ4n) is 1.60. The third-order valence-corrected chi connectivity index (χ3v) is 2.31. The van der Waals surface area contributed by atoms with Gasteiger partial charge in [-0.2, -0.15) is 0 Å². The Balaban J connectivity index is 2.48. The lowest BCUT2D eigenvalue weighted by atomic mass is 10.0. The Labute approximate surface area is 95.8 Å². The summed E-state index contributed by atoms with van der Waals surface area (Å²) in [7, 11) is 0. The summed E-state index contributed by atoms with van der Waals surface area (Å²) in [6.45, 7) is 3.66. The maximum Gasteiger partial charge on any atom is 0.0773 e. The Morgan fingerprint density at radius 3 is 1.62 bits per heavy atom. The molecule has 0 heterocycles. The predicted octanol–water partition coefficient (Wildman–Crippen LogP) is 3.67. The molecule has 0 spiro atoms. The smallest absolute Gasteiger partial charge is 0.0773 e. The average Bonchev–Trinajstić information content (AvgIpc) is 2.38. The first-order valence-corrected chi connectivity index (χ1v) is 5.21. The van der Waals surface area contributed by atoms with Crippen molar-refractivity contribution in [1.29, 1.82) is 0 Å². The van der Waals surface area contributed by atoms with Gasteiger partial charge >= 0.3 is 0 Å². The second-order valence-corrected chi connectivity index (χ2v) is 3.39. The molecular weight excluding hydrogens is 194 g/mol. The van der Waals surface area contributed by atoms with Crippen LogP contribution in [0.25, 0.3) is 0 Å². The van der Waals surface area contributed by atoms with Gasteiger partial charge in [-0.3, -0.25) is 4.99 Å². The zero-order chi connectivity index (χ0) is 11.2. The molecule has 78 valence electrons. The van der Waals surface area contributed by atoms with Gasteiger partial charge in [0, 0.05) is 17.3 Å². The number of nitrogens with zero attached hydrogens (tertiary/aromatic N) is 1. The first-order valence-electron chi connectivity index (χ1n) is 5.21. The molecule has 0 radical (unpaired) electrons. The van der Waals surface area contributed by atoms with Crippen LogP contribution in [0.4, 0.5) is 0 Å². The third-order valence-electron chi connectivity index (χ3n) is 2.31. The first kappa shape index (κ1) is 10.4. The van der Waals surface area contributed by atoms with E-state index in [1.807, 2.05) is 36.4 Å². The number of rotatable bonds is 3. The summed E-state index contributed by atoms with van der Waals surface area (Å²) in [6.07, 6.45) is 1.58. The van der Waals surface area contributed by atoms with E-state index in [1.165, 1.54) is 0 Å². The predicted molar refractivity (Wildman–Crippen MR) is 68.7 cm³/mol. The van der Waals surface area contributed by atoms with Crippen molar-refractivity contribution in [2.45, 2.75) is 0 Å². The van der Waals surface area contributed by atoms with E-state index in [-0.39, 0.29) is 0 Å². The summed E-state index contributed by atoms with van der Waals surface area (Å²) < 4.78 is 0. The van der Waals surface area contributed by atoms with Crippen LogP contribution in [0.1, 0.15) is 11.1 Å². The highest BCUT2D eigenvalue weighted by Crippen LogP contribution is 2.10. The minimum absolute atomic E-state index is 0.955. The second kappa shape index (κ2) is 5.08. The molecule has 0 saturated carbocycles.